The van der Waals surface area contributed by atoms with Crippen LogP contribution >= 0.6 is 0 Å². The highest BCUT2D eigenvalue weighted by atomic mass is 16.6. The van der Waals surface area contributed by atoms with Crippen molar-refractivity contribution in [3.63, 3.8) is 0 Å². The van der Waals surface area contributed by atoms with E-state index in [-0.39, 0.29) is 11.7 Å². The zero-order valence-electron chi connectivity index (χ0n) is 17.0. The van der Waals surface area contributed by atoms with Crippen LogP contribution in [0.1, 0.15) is 76.8 Å². The van der Waals surface area contributed by atoms with E-state index in [2.05, 4.69) is 38.6 Å². The SMILES string of the molecule is C=CC(=O)OC(C)(C)CC(C)(C)OC1CCC(c2ccc(C#N)cc2)CC1. The molecule has 0 radical (unpaired) electrons. The third kappa shape index (κ3) is 6.52. The molecule has 4 heteroatoms. The van der Waals surface area contributed by atoms with E-state index in [1.165, 1.54) is 11.6 Å². The van der Waals surface area contributed by atoms with E-state index in [1.807, 2.05) is 26.0 Å². The van der Waals surface area contributed by atoms with Gasteiger partial charge >= 0.3 is 5.97 Å². The van der Waals surface area contributed by atoms with Gasteiger partial charge in [0, 0.05) is 12.5 Å². The first-order chi connectivity index (χ1) is 12.6. The van der Waals surface area contributed by atoms with Gasteiger partial charge in [-0.05, 0) is 77.0 Å². The van der Waals surface area contributed by atoms with Gasteiger partial charge in [-0.1, -0.05) is 18.7 Å². The van der Waals surface area contributed by atoms with Gasteiger partial charge in [-0.3, -0.25) is 0 Å². The van der Waals surface area contributed by atoms with E-state index in [4.69, 9.17) is 14.7 Å². The van der Waals surface area contributed by atoms with Crippen LogP contribution in [0.4, 0.5) is 0 Å². The first-order valence-corrected chi connectivity index (χ1v) is 9.67. The lowest BCUT2D eigenvalue weighted by Gasteiger charge is -2.39. The molecule has 0 spiro atoms. The van der Waals surface area contributed by atoms with Gasteiger partial charge in [0.1, 0.15) is 5.60 Å². The monoisotopic (exact) mass is 369 g/mol. The fourth-order valence-corrected chi connectivity index (χ4v) is 4.21. The van der Waals surface area contributed by atoms with Gasteiger partial charge in [0.05, 0.1) is 23.3 Å². The molecule has 0 heterocycles. The molecule has 1 fully saturated rings. The highest BCUT2D eigenvalue weighted by molar-refractivity contribution is 5.81. The lowest BCUT2D eigenvalue weighted by molar-refractivity contribution is -0.162. The molecule has 146 valence electrons. The largest absolute Gasteiger partial charge is 0.456 e. The Hall–Kier alpha value is -2.12. The maximum Gasteiger partial charge on any atom is 0.330 e. The van der Waals surface area contributed by atoms with Crippen LogP contribution < -0.4 is 0 Å². The number of rotatable bonds is 7. The van der Waals surface area contributed by atoms with Crippen molar-refractivity contribution in [3.8, 4) is 6.07 Å². The van der Waals surface area contributed by atoms with Crippen molar-refractivity contribution < 1.29 is 14.3 Å². The summed E-state index contributed by atoms with van der Waals surface area (Å²) >= 11 is 0. The molecule has 1 aromatic rings. The molecule has 0 aromatic heterocycles. The number of carbonyl (C=O) groups is 1. The normalized spacial score (nSPS) is 20.6. The molecule has 1 saturated carbocycles. The van der Waals surface area contributed by atoms with Crippen molar-refractivity contribution in [3.05, 3.63) is 48.0 Å². The Balaban J connectivity index is 1.87. The van der Waals surface area contributed by atoms with Crippen molar-refractivity contribution in [2.24, 2.45) is 0 Å². The van der Waals surface area contributed by atoms with Gasteiger partial charge in [0.15, 0.2) is 0 Å². The topological polar surface area (TPSA) is 59.3 Å². The van der Waals surface area contributed by atoms with Crippen LogP contribution in [0, 0.1) is 11.3 Å². The molecule has 0 amide bonds. The van der Waals surface area contributed by atoms with E-state index in [1.54, 1.807) is 0 Å². The molecule has 0 bridgehead atoms. The Labute approximate surface area is 163 Å². The molecule has 2 rings (SSSR count). The summed E-state index contributed by atoms with van der Waals surface area (Å²) in [6, 6.07) is 10.1. The minimum Gasteiger partial charge on any atom is -0.456 e. The van der Waals surface area contributed by atoms with E-state index >= 15 is 0 Å². The maximum absolute atomic E-state index is 11.5. The Bertz CT molecular complexity index is 689. The first kappa shape index (κ1) is 21.2. The first-order valence-electron chi connectivity index (χ1n) is 9.67. The van der Waals surface area contributed by atoms with Crippen molar-refractivity contribution >= 4 is 5.97 Å². The number of nitrogens with zero attached hydrogens (tertiary/aromatic N) is 1. The Morgan fingerprint density at radius 3 is 2.26 bits per heavy atom. The quantitative estimate of drug-likeness (QED) is 0.485. The van der Waals surface area contributed by atoms with Crippen molar-refractivity contribution in [1.82, 2.24) is 0 Å². The molecule has 1 aliphatic rings. The third-order valence-electron chi connectivity index (χ3n) is 5.07. The molecule has 4 nitrogen and oxygen atoms in total. The summed E-state index contributed by atoms with van der Waals surface area (Å²) < 4.78 is 11.8. The van der Waals surface area contributed by atoms with Crippen LogP contribution in [-0.2, 0) is 14.3 Å². The summed E-state index contributed by atoms with van der Waals surface area (Å²) in [4.78, 5) is 11.5. The number of esters is 1. The minimum absolute atomic E-state index is 0.223. The smallest absolute Gasteiger partial charge is 0.330 e. The van der Waals surface area contributed by atoms with Crippen LogP contribution in [0.2, 0.25) is 0 Å². The second-order valence-electron chi connectivity index (χ2n) is 8.65. The number of hydrogen-bond donors (Lipinski definition) is 0. The van der Waals surface area contributed by atoms with Crippen LogP contribution in [0.5, 0.6) is 0 Å². The average molecular weight is 370 g/mol. The number of ether oxygens (including phenoxy) is 2. The molecular weight excluding hydrogens is 338 g/mol. The van der Waals surface area contributed by atoms with Crippen molar-refractivity contribution in [2.75, 3.05) is 0 Å². The number of benzene rings is 1. The zero-order valence-corrected chi connectivity index (χ0v) is 17.0. The predicted molar refractivity (Wildman–Crippen MR) is 106 cm³/mol. The van der Waals surface area contributed by atoms with Crippen LogP contribution in [0.15, 0.2) is 36.9 Å². The van der Waals surface area contributed by atoms with E-state index in [0.717, 1.165) is 25.7 Å². The molecule has 27 heavy (non-hydrogen) atoms. The molecule has 1 aromatic carbocycles. The molecule has 0 unspecified atom stereocenters. The molecule has 0 atom stereocenters. The summed E-state index contributed by atoms with van der Waals surface area (Å²) in [6.45, 7) is 11.4. The molecule has 0 aliphatic heterocycles. The fourth-order valence-electron chi connectivity index (χ4n) is 4.21. The molecule has 0 N–H and O–H groups in total. The Morgan fingerprint density at radius 1 is 1.15 bits per heavy atom. The standard InChI is InChI=1S/C23H31NO3/c1-6-21(25)27-23(4,5)16-22(2,3)26-20-13-11-19(12-14-20)18-9-7-17(15-24)8-10-18/h6-10,19-20H,1,11-14,16H2,2-5H3. The zero-order chi connectivity index (χ0) is 20.1. The van der Waals surface area contributed by atoms with E-state index in [9.17, 15) is 4.79 Å². The molecule has 0 saturated heterocycles. The highest BCUT2D eigenvalue weighted by Gasteiger charge is 2.35. The van der Waals surface area contributed by atoms with E-state index in [0.29, 0.717) is 17.9 Å². The molecular formula is C23H31NO3. The van der Waals surface area contributed by atoms with Gasteiger partial charge in [-0.2, -0.15) is 5.26 Å². The summed E-state index contributed by atoms with van der Waals surface area (Å²) in [5.41, 5.74) is 1.03. The number of carbonyl (C=O) groups excluding carboxylic acids is 1. The lowest BCUT2D eigenvalue weighted by Crippen LogP contribution is -2.41. The van der Waals surface area contributed by atoms with Crippen LogP contribution in [-0.4, -0.2) is 23.3 Å². The Morgan fingerprint density at radius 2 is 1.74 bits per heavy atom. The second-order valence-corrected chi connectivity index (χ2v) is 8.65. The van der Waals surface area contributed by atoms with Gasteiger partial charge in [0.25, 0.3) is 0 Å². The second kappa shape index (κ2) is 8.71. The fraction of sp³-hybridized carbons (Fsp3) is 0.565. The van der Waals surface area contributed by atoms with Crippen LogP contribution in [0.3, 0.4) is 0 Å². The number of nitriles is 1. The van der Waals surface area contributed by atoms with Gasteiger partial charge in [0.2, 0.25) is 0 Å². The summed E-state index contributed by atoms with van der Waals surface area (Å²) in [6.07, 6.45) is 6.24. The van der Waals surface area contributed by atoms with Gasteiger partial charge in [-0.25, -0.2) is 4.79 Å². The lowest BCUT2D eigenvalue weighted by atomic mass is 9.82. The Kier molecular flexibility index (Phi) is 6.84. The van der Waals surface area contributed by atoms with Gasteiger partial charge < -0.3 is 9.47 Å². The summed E-state index contributed by atoms with van der Waals surface area (Å²) in [7, 11) is 0. The summed E-state index contributed by atoms with van der Waals surface area (Å²) in [5.74, 6) is 0.129. The van der Waals surface area contributed by atoms with Crippen LogP contribution in [0.25, 0.3) is 0 Å². The number of hydrogen-bond acceptors (Lipinski definition) is 4. The summed E-state index contributed by atoms with van der Waals surface area (Å²) in [5, 5.41) is 8.93. The van der Waals surface area contributed by atoms with Gasteiger partial charge in [-0.15, -0.1) is 0 Å². The average Bonchev–Trinajstić information content (AvgIpc) is 2.60. The maximum atomic E-state index is 11.5. The third-order valence-corrected chi connectivity index (χ3v) is 5.07. The van der Waals surface area contributed by atoms with E-state index < -0.39 is 11.6 Å². The highest BCUT2D eigenvalue weighted by Crippen LogP contribution is 2.37. The minimum atomic E-state index is -0.603. The predicted octanol–water partition coefficient (Wildman–Crippen LogP) is 5.28. The molecule has 1 aliphatic carbocycles. The van der Waals surface area contributed by atoms with Crippen molar-refractivity contribution in [2.45, 2.75) is 83.0 Å². The van der Waals surface area contributed by atoms with Crippen molar-refractivity contribution in [1.29, 1.82) is 5.26 Å².